The Balaban J connectivity index is 1.42. The van der Waals surface area contributed by atoms with Gasteiger partial charge >= 0.3 is 0 Å². The molecule has 3 aromatic carbocycles. The lowest BCUT2D eigenvalue weighted by Crippen LogP contribution is -2.02. The fourth-order valence-corrected chi connectivity index (χ4v) is 4.60. The topological polar surface area (TPSA) is 83.7 Å². The van der Waals surface area contributed by atoms with E-state index in [0.717, 1.165) is 52.4 Å². The lowest BCUT2D eigenvalue weighted by Gasteiger charge is -2.15. The summed E-state index contributed by atoms with van der Waals surface area (Å²) < 4.78 is 12.5. The smallest absolute Gasteiger partial charge is 0.154 e. The number of aromatic amines is 1. The zero-order valence-corrected chi connectivity index (χ0v) is 26.6. The van der Waals surface area contributed by atoms with Crippen molar-refractivity contribution in [1.82, 2.24) is 4.98 Å². The Hall–Kier alpha value is -4.78. The molecule has 45 heavy (non-hydrogen) atoms. The summed E-state index contributed by atoms with van der Waals surface area (Å²) in [7, 11) is 0. The van der Waals surface area contributed by atoms with Crippen LogP contribution in [0.5, 0.6) is 11.5 Å². The van der Waals surface area contributed by atoms with Crippen molar-refractivity contribution in [3.63, 3.8) is 0 Å². The lowest BCUT2D eigenvalue weighted by atomic mass is 10.1. The van der Waals surface area contributed by atoms with E-state index in [1.165, 1.54) is 38.5 Å². The van der Waals surface area contributed by atoms with Crippen LogP contribution >= 0.6 is 0 Å². The summed E-state index contributed by atoms with van der Waals surface area (Å²) in [5, 5.41) is 17.1. The van der Waals surface area contributed by atoms with Crippen molar-refractivity contribution < 1.29 is 9.47 Å². The molecule has 1 N–H and O–H groups in total. The highest BCUT2D eigenvalue weighted by Crippen LogP contribution is 2.32. The number of azo groups is 2. The van der Waals surface area contributed by atoms with Crippen LogP contribution in [-0.2, 0) is 0 Å². The van der Waals surface area contributed by atoms with Gasteiger partial charge < -0.3 is 14.5 Å². The molecule has 7 nitrogen and oxygen atoms in total. The van der Waals surface area contributed by atoms with Crippen LogP contribution in [0.2, 0.25) is 0 Å². The third-order valence-electron chi connectivity index (χ3n) is 7.18. The highest BCUT2D eigenvalue weighted by atomic mass is 16.5. The van der Waals surface area contributed by atoms with Crippen molar-refractivity contribution in [3.8, 4) is 11.5 Å². The Kier molecular flexibility index (Phi) is 13.8. The van der Waals surface area contributed by atoms with E-state index < -0.39 is 0 Å². The molecule has 0 saturated carbocycles. The van der Waals surface area contributed by atoms with Gasteiger partial charge in [0.05, 0.1) is 24.6 Å². The molecule has 0 atom stereocenters. The van der Waals surface area contributed by atoms with Gasteiger partial charge in [-0.2, -0.15) is 0 Å². The lowest BCUT2D eigenvalue weighted by molar-refractivity contribution is 0.296. The second-order valence-corrected chi connectivity index (χ2v) is 10.8. The average molecular weight is 604 g/mol. The summed E-state index contributed by atoms with van der Waals surface area (Å²) in [5.41, 5.74) is 4.52. The van der Waals surface area contributed by atoms with Crippen molar-refractivity contribution >= 4 is 41.2 Å². The summed E-state index contributed by atoms with van der Waals surface area (Å²) in [6, 6.07) is 25.3. The minimum Gasteiger partial charge on any atom is -0.493 e. The molecule has 0 amide bonds. The Bertz CT molecular complexity index is 1540. The molecule has 1 aromatic heterocycles. The third-order valence-corrected chi connectivity index (χ3v) is 7.18. The minimum absolute atomic E-state index is 0.606. The number of unbranched alkanes of at least 4 members (excludes halogenated alkanes) is 6. The van der Waals surface area contributed by atoms with E-state index in [9.17, 15) is 0 Å². The first-order valence-electron chi connectivity index (χ1n) is 16.1. The molecule has 0 spiro atoms. The maximum absolute atomic E-state index is 6.26. The Labute approximate surface area is 267 Å². The fraction of sp³-hybridized carbons (Fsp3) is 0.316. The molecule has 0 fully saturated rings. The number of ether oxygens (including phenoxy) is 2. The van der Waals surface area contributed by atoms with Crippen LogP contribution in [-0.4, -0.2) is 18.2 Å². The predicted octanol–water partition coefficient (Wildman–Crippen LogP) is 12.6. The number of hydrogen-bond acceptors (Lipinski definition) is 6. The van der Waals surface area contributed by atoms with Gasteiger partial charge in [0.25, 0.3) is 0 Å². The van der Waals surface area contributed by atoms with Gasteiger partial charge in [-0.25, -0.2) is 0 Å². The minimum atomic E-state index is 0.606. The van der Waals surface area contributed by atoms with Gasteiger partial charge in [0, 0.05) is 11.1 Å². The molecular formula is C38H45N5O2. The van der Waals surface area contributed by atoms with Crippen LogP contribution in [0.3, 0.4) is 0 Å². The van der Waals surface area contributed by atoms with Gasteiger partial charge in [0.1, 0.15) is 11.5 Å². The molecule has 0 unspecified atom stereocenters. The van der Waals surface area contributed by atoms with Gasteiger partial charge in [-0.3, -0.25) is 0 Å². The monoisotopic (exact) mass is 603 g/mol. The van der Waals surface area contributed by atoms with Crippen LogP contribution in [0.4, 0.5) is 23.0 Å². The van der Waals surface area contributed by atoms with Gasteiger partial charge in [0.15, 0.2) is 11.6 Å². The molecule has 0 aliphatic carbocycles. The summed E-state index contributed by atoms with van der Waals surface area (Å²) in [5.74, 6) is 2.90. The molecule has 4 rings (SSSR count). The number of rotatable bonds is 19. The van der Waals surface area contributed by atoms with Gasteiger partial charge in [0.2, 0.25) is 0 Å². The molecule has 4 aromatic rings. The van der Waals surface area contributed by atoms with E-state index in [1.807, 2.05) is 78.9 Å². The van der Waals surface area contributed by atoms with Crippen molar-refractivity contribution in [1.29, 1.82) is 0 Å². The Morgan fingerprint density at radius 2 is 1.16 bits per heavy atom. The first-order valence-corrected chi connectivity index (χ1v) is 16.1. The number of nitrogens with zero attached hydrogens (tertiary/aromatic N) is 4. The van der Waals surface area contributed by atoms with E-state index in [4.69, 9.17) is 9.47 Å². The van der Waals surface area contributed by atoms with E-state index in [2.05, 4.69) is 64.1 Å². The number of aromatic nitrogens is 1. The Morgan fingerprint density at radius 1 is 0.600 bits per heavy atom. The normalized spacial score (nSPS) is 11.6. The Morgan fingerprint density at radius 3 is 1.73 bits per heavy atom. The quantitative estimate of drug-likeness (QED) is 0.0657. The first kappa shape index (κ1) is 33.1. The summed E-state index contributed by atoms with van der Waals surface area (Å²) >= 11 is 0. The largest absolute Gasteiger partial charge is 0.493 e. The second kappa shape index (κ2) is 18.8. The van der Waals surface area contributed by atoms with Gasteiger partial charge in [-0.1, -0.05) is 108 Å². The van der Waals surface area contributed by atoms with Crippen molar-refractivity contribution in [2.75, 3.05) is 13.2 Å². The number of nitrogens with one attached hydrogen (secondary N) is 1. The molecule has 0 saturated heterocycles. The van der Waals surface area contributed by atoms with Crippen molar-refractivity contribution in [2.24, 2.45) is 20.5 Å². The zero-order valence-electron chi connectivity index (χ0n) is 26.6. The SMILES string of the molecule is C=Cc1cc(OCCCCCC)c(/C=C/c2ccc(N=Nc3ccc(N=Nc4ccccc4)[nH]3)cc2)cc1OCCCCCC. The van der Waals surface area contributed by atoms with Crippen LogP contribution in [0.1, 0.15) is 81.9 Å². The molecule has 0 aliphatic rings. The van der Waals surface area contributed by atoms with E-state index in [0.29, 0.717) is 24.8 Å². The van der Waals surface area contributed by atoms with Crippen LogP contribution in [0, 0.1) is 0 Å². The predicted molar refractivity (Wildman–Crippen MR) is 187 cm³/mol. The highest BCUT2D eigenvalue weighted by Gasteiger charge is 2.10. The standard InChI is InChI=1S/C38H45N5O2/c1-4-7-9-14-26-44-35-29-32(36(28-31(35)6-3)45-27-15-10-8-5-2)21-18-30-19-22-34(23-20-30)41-43-38-25-24-37(39-38)42-40-33-16-12-11-13-17-33/h6,11-13,16-25,28-29,39H,3-5,7-10,14-15,26-27H2,1-2H3/b21-18+,42-40?,43-41?. The van der Waals surface area contributed by atoms with Crippen molar-refractivity contribution in [3.05, 3.63) is 102 Å². The molecule has 7 heteroatoms. The number of benzene rings is 3. The average Bonchev–Trinajstić information content (AvgIpc) is 3.54. The van der Waals surface area contributed by atoms with Crippen molar-refractivity contribution in [2.45, 2.75) is 65.2 Å². The molecular weight excluding hydrogens is 558 g/mol. The molecule has 0 radical (unpaired) electrons. The van der Waals surface area contributed by atoms with E-state index in [1.54, 1.807) is 0 Å². The molecule has 234 valence electrons. The first-order chi connectivity index (χ1) is 22.2. The maximum atomic E-state index is 6.26. The maximum Gasteiger partial charge on any atom is 0.154 e. The fourth-order valence-electron chi connectivity index (χ4n) is 4.60. The molecule has 0 bridgehead atoms. The second-order valence-electron chi connectivity index (χ2n) is 10.8. The summed E-state index contributed by atoms with van der Waals surface area (Å²) in [6.07, 6.45) is 15.3. The van der Waals surface area contributed by atoms with Gasteiger partial charge in [-0.05, 0) is 66.9 Å². The highest BCUT2D eigenvalue weighted by molar-refractivity contribution is 5.76. The number of hydrogen-bond donors (Lipinski definition) is 1. The molecule has 0 aliphatic heterocycles. The zero-order chi connectivity index (χ0) is 31.5. The summed E-state index contributed by atoms with van der Waals surface area (Å²) in [6.45, 7) is 9.83. The van der Waals surface area contributed by atoms with Gasteiger partial charge in [-0.15, -0.1) is 20.5 Å². The summed E-state index contributed by atoms with van der Waals surface area (Å²) in [4.78, 5) is 3.11. The van der Waals surface area contributed by atoms with Crippen LogP contribution in [0.15, 0.2) is 106 Å². The number of H-pyrrole nitrogens is 1. The molecule has 1 heterocycles. The third kappa shape index (κ3) is 11.3. The van der Waals surface area contributed by atoms with E-state index >= 15 is 0 Å². The van der Waals surface area contributed by atoms with Crippen LogP contribution in [0.25, 0.3) is 18.2 Å². The van der Waals surface area contributed by atoms with E-state index in [-0.39, 0.29) is 0 Å². The van der Waals surface area contributed by atoms with Crippen LogP contribution < -0.4 is 9.47 Å².